The van der Waals surface area contributed by atoms with E-state index in [9.17, 15) is 9.59 Å². The first-order valence-corrected chi connectivity index (χ1v) is 5.44. The molecule has 5 heteroatoms. The van der Waals surface area contributed by atoms with Crippen LogP contribution in [-0.4, -0.2) is 30.3 Å². The summed E-state index contributed by atoms with van der Waals surface area (Å²) in [6.45, 7) is 1.57. The van der Waals surface area contributed by atoms with E-state index < -0.39 is 5.91 Å². The average Bonchev–Trinajstić information content (AvgIpc) is 2.73. The Balaban J connectivity index is 2.17. The van der Waals surface area contributed by atoms with Gasteiger partial charge in [-0.1, -0.05) is 6.07 Å². The second kappa shape index (κ2) is 4.55. The van der Waals surface area contributed by atoms with Crippen molar-refractivity contribution in [1.82, 2.24) is 10.2 Å². The van der Waals surface area contributed by atoms with Gasteiger partial charge >= 0.3 is 0 Å². The van der Waals surface area contributed by atoms with Crippen molar-refractivity contribution in [2.45, 2.75) is 13.1 Å². The first-order chi connectivity index (χ1) is 8.08. The number of fused-ring (bicyclic) bond motifs is 1. The monoisotopic (exact) mass is 233 g/mol. The van der Waals surface area contributed by atoms with Crippen molar-refractivity contribution in [3.05, 3.63) is 34.9 Å². The van der Waals surface area contributed by atoms with Crippen molar-refractivity contribution >= 4 is 11.8 Å². The number of amides is 2. The van der Waals surface area contributed by atoms with E-state index in [4.69, 9.17) is 5.73 Å². The number of rotatable bonds is 3. The second-order valence-electron chi connectivity index (χ2n) is 4.21. The molecule has 0 unspecified atom stereocenters. The van der Waals surface area contributed by atoms with Gasteiger partial charge in [0.15, 0.2) is 0 Å². The zero-order valence-electron chi connectivity index (χ0n) is 9.69. The maximum atomic E-state index is 12.0. The maximum absolute atomic E-state index is 12.0. The van der Waals surface area contributed by atoms with Gasteiger partial charge in [-0.25, -0.2) is 0 Å². The number of likely N-dealkylation sites (N-methyl/N-ethyl adjacent to an activating group) is 1. The summed E-state index contributed by atoms with van der Waals surface area (Å²) in [6.07, 6.45) is 0. The number of nitrogens with one attached hydrogen (secondary N) is 1. The molecule has 0 saturated heterocycles. The molecule has 0 saturated carbocycles. The van der Waals surface area contributed by atoms with Crippen molar-refractivity contribution in [3.63, 3.8) is 0 Å². The van der Waals surface area contributed by atoms with E-state index in [1.807, 2.05) is 12.1 Å². The van der Waals surface area contributed by atoms with Gasteiger partial charge in [0.1, 0.15) is 0 Å². The number of carbonyl (C=O) groups is 2. The lowest BCUT2D eigenvalue weighted by molar-refractivity contribution is -0.118. The molecule has 1 aromatic carbocycles. The Morgan fingerprint density at radius 1 is 1.35 bits per heavy atom. The van der Waals surface area contributed by atoms with E-state index in [0.717, 1.165) is 18.7 Å². The largest absolute Gasteiger partial charge is 0.368 e. The predicted molar refractivity (Wildman–Crippen MR) is 63.1 cm³/mol. The fourth-order valence-electron chi connectivity index (χ4n) is 1.95. The molecule has 90 valence electrons. The highest BCUT2D eigenvalue weighted by Crippen LogP contribution is 2.17. The summed E-state index contributed by atoms with van der Waals surface area (Å²) >= 11 is 0. The van der Waals surface area contributed by atoms with E-state index in [2.05, 4.69) is 5.32 Å². The summed E-state index contributed by atoms with van der Waals surface area (Å²) in [7, 11) is 1.57. The molecule has 1 aromatic rings. The van der Waals surface area contributed by atoms with Gasteiger partial charge in [0, 0.05) is 25.7 Å². The lowest BCUT2D eigenvalue weighted by Crippen LogP contribution is -2.35. The highest BCUT2D eigenvalue weighted by atomic mass is 16.2. The first-order valence-electron chi connectivity index (χ1n) is 5.44. The molecule has 17 heavy (non-hydrogen) atoms. The lowest BCUT2D eigenvalue weighted by atomic mass is 10.1. The molecule has 0 fully saturated rings. The third-order valence-corrected chi connectivity index (χ3v) is 2.82. The van der Waals surface area contributed by atoms with Gasteiger partial charge < -0.3 is 16.0 Å². The van der Waals surface area contributed by atoms with E-state index in [1.54, 1.807) is 13.1 Å². The van der Waals surface area contributed by atoms with Gasteiger partial charge in [0.2, 0.25) is 5.91 Å². The Hall–Kier alpha value is -1.88. The number of nitrogens with zero attached hydrogens (tertiary/aromatic N) is 1. The highest BCUT2D eigenvalue weighted by Gasteiger charge is 2.16. The minimum atomic E-state index is -0.510. The molecule has 1 aliphatic rings. The van der Waals surface area contributed by atoms with E-state index in [0.29, 0.717) is 5.56 Å². The molecule has 0 aromatic heterocycles. The normalized spacial score (nSPS) is 13.2. The molecule has 0 bridgehead atoms. The van der Waals surface area contributed by atoms with Crippen molar-refractivity contribution in [2.75, 3.05) is 13.6 Å². The van der Waals surface area contributed by atoms with Gasteiger partial charge in [-0.3, -0.25) is 9.59 Å². The smallest absolute Gasteiger partial charge is 0.254 e. The summed E-state index contributed by atoms with van der Waals surface area (Å²) in [6, 6.07) is 5.60. The zero-order chi connectivity index (χ0) is 12.4. The van der Waals surface area contributed by atoms with Crippen LogP contribution in [0.25, 0.3) is 0 Å². The topological polar surface area (TPSA) is 75.4 Å². The number of benzene rings is 1. The Labute approximate surface area is 99.6 Å². The summed E-state index contributed by atoms with van der Waals surface area (Å²) in [5, 5.41) is 3.22. The quantitative estimate of drug-likeness (QED) is 0.762. The van der Waals surface area contributed by atoms with Gasteiger partial charge in [0.05, 0.1) is 6.54 Å². The van der Waals surface area contributed by atoms with Gasteiger partial charge in [0.25, 0.3) is 5.91 Å². The van der Waals surface area contributed by atoms with Crippen LogP contribution in [0.3, 0.4) is 0 Å². The summed E-state index contributed by atoms with van der Waals surface area (Å²) < 4.78 is 0. The fourth-order valence-corrected chi connectivity index (χ4v) is 1.95. The van der Waals surface area contributed by atoms with Gasteiger partial charge in [-0.05, 0) is 23.3 Å². The van der Waals surface area contributed by atoms with E-state index in [-0.39, 0.29) is 12.5 Å². The third kappa shape index (κ3) is 2.45. The number of hydrogen-bond acceptors (Lipinski definition) is 3. The van der Waals surface area contributed by atoms with Crippen molar-refractivity contribution < 1.29 is 9.59 Å². The molecule has 5 nitrogen and oxygen atoms in total. The molecular weight excluding hydrogens is 218 g/mol. The zero-order valence-corrected chi connectivity index (χ0v) is 9.69. The number of nitrogens with two attached hydrogens (primary N) is 1. The minimum absolute atomic E-state index is 0.0613. The molecule has 0 aliphatic carbocycles. The molecule has 3 N–H and O–H groups in total. The van der Waals surface area contributed by atoms with Crippen LogP contribution in [0.1, 0.15) is 21.5 Å². The molecule has 1 aliphatic heterocycles. The summed E-state index contributed by atoms with van der Waals surface area (Å²) in [5.74, 6) is -0.692. The van der Waals surface area contributed by atoms with Crippen LogP contribution < -0.4 is 11.1 Å². The van der Waals surface area contributed by atoms with Crippen LogP contribution in [0, 0.1) is 0 Å². The lowest BCUT2D eigenvalue weighted by Gasteiger charge is -2.15. The number of hydrogen-bond donors (Lipinski definition) is 2. The summed E-state index contributed by atoms with van der Waals surface area (Å²) in [4.78, 5) is 24.1. The molecule has 0 atom stereocenters. The molecule has 2 rings (SSSR count). The molecule has 0 spiro atoms. The Bertz CT molecular complexity index is 471. The fraction of sp³-hybridized carbons (Fsp3) is 0.333. The van der Waals surface area contributed by atoms with Crippen molar-refractivity contribution in [3.8, 4) is 0 Å². The predicted octanol–water partition coefficient (Wildman–Crippen LogP) is -0.153. The Morgan fingerprint density at radius 2 is 2.06 bits per heavy atom. The summed E-state index contributed by atoms with van der Waals surface area (Å²) in [5.41, 5.74) is 8.01. The van der Waals surface area contributed by atoms with Crippen LogP contribution in [0.5, 0.6) is 0 Å². The third-order valence-electron chi connectivity index (χ3n) is 2.82. The number of primary amides is 1. The van der Waals surface area contributed by atoms with Crippen LogP contribution in [0.4, 0.5) is 0 Å². The van der Waals surface area contributed by atoms with Crippen LogP contribution >= 0.6 is 0 Å². The van der Waals surface area contributed by atoms with Crippen molar-refractivity contribution in [1.29, 1.82) is 0 Å². The Morgan fingerprint density at radius 3 is 2.76 bits per heavy atom. The van der Waals surface area contributed by atoms with E-state index in [1.165, 1.54) is 10.5 Å². The maximum Gasteiger partial charge on any atom is 0.254 e. The SMILES string of the molecule is CN(CC(N)=O)C(=O)c1ccc2c(c1)CNC2. The Kier molecular flexibility index (Phi) is 3.10. The minimum Gasteiger partial charge on any atom is -0.368 e. The first kappa shape index (κ1) is 11.6. The van der Waals surface area contributed by atoms with Crippen LogP contribution in [0.2, 0.25) is 0 Å². The number of carbonyl (C=O) groups excluding carboxylic acids is 2. The molecule has 2 amide bonds. The second-order valence-corrected chi connectivity index (χ2v) is 4.21. The van der Waals surface area contributed by atoms with Crippen molar-refractivity contribution in [2.24, 2.45) is 5.73 Å². The van der Waals surface area contributed by atoms with Crippen LogP contribution in [-0.2, 0) is 17.9 Å². The molecule has 1 heterocycles. The average molecular weight is 233 g/mol. The van der Waals surface area contributed by atoms with Crippen LogP contribution in [0.15, 0.2) is 18.2 Å². The standard InChI is InChI=1S/C12H15N3O2/c1-15(7-11(13)16)12(17)8-2-3-9-5-14-6-10(9)4-8/h2-4,14H,5-7H2,1H3,(H2,13,16). The van der Waals surface area contributed by atoms with Gasteiger partial charge in [-0.2, -0.15) is 0 Å². The van der Waals surface area contributed by atoms with E-state index >= 15 is 0 Å². The van der Waals surface area contributed by atoms with Gasteiger partial charge in [-0.15, -0.1) is 0 Å². The molecule has 0 radical (unpaired) electrons. The highest BCUT2D eigenvalue weighted by molar-refractivity contribution is 5.96. The molecular formula is C12H15N3O2.